The maximum absolute atomic E-state index is 15.6. The molecule has 4 aliphatic rings. The van der Waals surface area contributed by atoms with Gasteiger partial charge in [-0.05, 0) is 115 Å². The topological polar surface area (TPSA) is 156 Å². The van der Waals surface area contributed by atoms with Gasteiger partial charge in [0.05, 0.1) is 0 Å². The van der Waals surface area contributed by atoms with Crippen LogP contribution in [-0.2, 0) is 80.2 Å². The van der Waals surface area contributed by atoms with Gasteiger partial charge in [0.1, 0.15) is 26.4 Å². The lowest BCUT2D eigenvalue weighted by Gasteiger charge is -2.29. The highest BCUT2D eigenvalue weighted by atomic mass is 32.1. The van der Waals surface area contributed by atoms with Crippen LogP contribution in [0.2, 0.25) is 0 Å². The van der Waals surface area contributed by atoms with Gasteiger partial charge < -0.3 is 18.9 Å². The van der Waals surface area contributed by atoms with Gasteiger partial charge in [-0.25, -0.2) is 0 Å². The number of allylic oxidation sites excluding steroid dienone is 4. The number of ether oxygens (including phenoxy) is 4. The predicted molar refractivity (Wildman–Crippen MR) is 311 cm³/mol. The number of hydrogen-bond acceptors (Lipinski definition) is 12. The number of benzene rings is 8. The summed E-state index contributed by atoms with van der Waals surface area (Å²) in [4.78, 5) is 103. The van der Waals surface area contributed by atoms with Gasteiger partial charge in [-0.3, -0.25) is 33.6 Å². The van der Waals surface area contributed by atoms with Crippen molar-refractivity contribution < 1.29 is 52.5 Å². The molecule has 0 spiro atoms. The number of thiophene rings is 1. The molecule has 4 aliphatic carbocycles. The first-order valence-electron chi connectivity index (χ1n) is 26.6. The molecule has 11 nitrogen and oxygen atoms in total. The van der Waals surface area contributed by atoms with Crippen LogP contribution in [0, 0.1) is 0 Å². The molecule has 398 valence electrons. The van der Waals surface area contributed by atoms with Crippen LogP contribution in [-0.4, -0.2) is 41.2 Å². The fraction of sp³-hybridized carbons (Fsp3) is 0.100. The van der Waals surface area contributed by atoms with Crippen LogP contribution in [0.4, 0.5) is 0 Å². The van der Waals surface area contributed by atoms with Crippen LogP contribution in [0.1, 0.15) is 82.8 Å². The van der Waals surface area contributed by atoms with Crippen molar-refractivity contribution in [3.63, 3.8) is 0 Å². The second-order valence-corrected chi connectivity index (χ2v) is 21.6. The number of carbonyl (C=O) groups is 7. The molecule has 1 aromatic heterocycles. The van der Waals surface area contributed by atoms with E-state index < -0.39 is 46.3 Å². The fourth-order valence-corrected chi connectivity index (χ4v) is 12.8. The first-order valence-corrected chi connectivity index (χ1v) is 27.4. The van der Waals surface area contributed by atoms with Gasteiger partial charge in [-0.15, -0.1) is 11.3 Å². The van der Waals surface area contributed by atoms with Crippen LogP contribution in [0.5, 0.6) is 0 Å². The van der Waals surface area contributed by atoms with E-state index in [2.05, 4.69) is 0 Å². The van der Waals surface area contributed by atoms with Gasteiger partial charge in [-0.1, -0.05) is 176 Å². The minimum Gasteiger partial charge on any atom is -0.459 e. The normalized spacial score (nSPS) is 16.1. The third kappa shape index (κ3) is 8.63. The molecule has 0 saturated carbocycles. The maximum atomic E-state index is 15.6. The van der Waals surface area contributed by atoms with E-state index in [4.69, 9.17) is 18.9 Å². The third-order valence-electron chi connectivity index (χ3n) is 15.7. The van der Waals surface area contributed by atoms with E-state index in [1.807, 2.05) is 97.1 Å². The van der Waals surface area contributed by atoms with Crippen molar-refractivity contribution in [1.82, 2.24) is 0 Å². The lowest BCUT2D eigenvalue weighted by molar-refractivity contribution is -0.166. The quantitative estimate of drug-likeness (QED) is 0.0336. The van der Waals surface area contributed by atoms with Crippen molar-refractivity contribution in [3.05, 3.63) is 284 Å². The summed E-state index contributed by atoms with van der Waals surface area (Å²) in [5.41, 5.74) is 2.06. The molecule has 0 radical (unpaired) electrons. The molecule has 0 amide bonds. The number of esters is 4. The van der Waals surface area contributed by atoms with Gasteiger partial charge in [0, 0.05) is 43.3 Å². The molecule has 0 N–H and O–H groups in total. The third-order valence-corrected chi connectivity index (χ3v) is 16.8. The molecule has 9 aromatic rings. The van der Waals surface area contributed by atoms with Crippen LogP contribution in [0.15, 0.2) is 217 Å². The summed E-state index contributed by atoms with van der Waals surface area (Å²) in [6.07, 6.45) is 6.61. The molecule has 0 saturated heterocycles. The number of hydrogen-bond donors (Lipinski definition) is 0. The van der Waals surface area contributed by atoms with E-state index in [0.717, 1.165) is 4.70 Å². The lowest BCUT2D eigenvalue weighted by atomic mass is 9.75. The SMILES string of the molecule is O=C1C(=O)c2ccccc2/C1=C/C1=Cc2cc3sc4cc5c(cc4c3cc2C1(C(=O)OCc1ccccc1)C(=O)OCc1ccccc1)C(C(=O)OCc1ccccc1)(C(=O)OCc1ccccc1)C(/C=C1\CC(=O)c2ccccc21)=C5. The van der Waals surface area contributed by atoms with Crippen molar-refractivity contribution in [1.29, 1.82) is 0 Å². The second-order valence-electron chi connectivity index (χ2n) is 20.5. The van der Waals surface area contributed by atoms with Gasteiger partial charge in [-0.2, -0.15) is 0 Å². The second kappa shape index (κ2) is 20.8. The van der Waals surface area contributed by atoms with E-state index in [1.165, 1.54) is 17.4 Å². The predicted octanol–water partition coefficient (Wildman–Crippen LogP) is 12.8. The molecular weight excluding hydrogens is 1050 g/mol. The van der Waals surface area contributed by atoms with E-state index in [-0.39, 0.29) is 72.0 Å². The fourth-order valence-electron chi connectivity index (χ4n) is 11.6. The van der Waals surface area contributed by atoms with Crippen LogP contribution < -0.4 is 0 Å². The minimum atomic E-state index is -2.38. The Hall–Kier alpha value is -10.2. The summed E-state index contributed by atoms with van der Waals surface area (Å²) in [7, 11) is 0. The van der Waals surface area contributed by atoms with Gasteiger partial charge in [0.25, 0.3) is 0 Å². The van der Waals surface area contributed by atoms with E-state index in [0.29, 0.717) is 71.1 Å². The summed E-state index contributed by atoms with van der Waals surface area (Å²) in [6, 6.07) is 57.2. The van der Waals surface area contributed by atoms with E-state index in [9.17, 15) is 14.4 Å². The van der Waals surface area contributed by atoms with Crippen LogP contribution in [0.25, 0.3) is 43.5 Å². The van der Waals surface area contributed by atoms with Crippen molar-refractivity contribution >= 4 is 96.0 Å². The summed E-state index contributed by atoms with van der Waals surface area (Å²) in [5.74, 6) is -5.42. The number of fused-ring (bicyclic) bond motifs is 7. The average molecular weight is 1100 g/mol. The Morgan fingerprint density at radius 3 is 1.21 bits per heavy atom. The van der Waals surface area contributed by atoms with Crippen molar-refractivity contribution in [2.45, 2.75) is 43.7 Å². The number of ketones is 3. The zero-order valence-corrected chi connectivity index (χ0v) is 44.5. The zero-order valence-electron chi connectivity index (χ0n) is 43.7. The van der Waals surface area contributed by atoms with Crippen LogP contribution >= 0.6 is 11.3 Å². The first kappa shape index (κ1) is 51.3. The number of rotatable bonds is 14. The maximum Gasteiger partial charge on any atom is 0.333 e. The summed E-state index contributed by atoms with van der Waals surface area (Å²) < 4.78 is 26.3. The highest BCUT2D eigenvalue weighted by Gasteiger charge is 2.59. The molecule has 0 unspecified atom stereocenters. The van der Waals surface area contributed by atoms with Crippen LogP contribution in [0.3, 0.4) is 0 Å². The lowest BCUT2D eigenvalue weighted by Crippen LogP contribution is -2.46. The highest BCUT2D eigenvalue weighted by molar-refractivity contribution is 7.25. The van der Waals surface area contributed by atoms with Gasteiger partial charge in [0.15, 0.2) is 5.78 Å². The Morgan fingerprint density at radius 2 is 0.780 bits per heavy atom. The molecule has 8 aromatic carbocycles. The van der Waals surface area contributed by atoms with Gasteiger partial charge in [0.2, 0.25) is 22.4 Å². The molecule has 0 bridgehead atoms. The molecule has 0 aliphatic heterocycles. The molecule has 82 heavy (non-hydrogen) atoms. The minimum absolute atomic E-state index is 0.00283. The number of Topliss-reactive ketones (excluding diaryl/α,β-unsaturated/α-hetero) is 3. The zero-order chi connectivity index (χ0) is 56.1. The first-order chi connectivity index (χ1) is 40.0. The highest BCUT2D eigenvalue weighted by Crippen LogP contribution is 2.53. The summed E-state index contributed by atoms with van der Waals surface area (Å²) in [5, 5.41) is 1.10. The Bertz CT molecular complexity index is 4210. The number of carbonyl (C=O) groups excluding carboxylic acids is 7. The molecule has 0 fully saturated rings. The standard InChI is InChI=1S/C70H46O11S/c71-60-32-46(51-25-13-15-27-53(51)60)29-49-30-47-33-61-55(36-58(47)69(49,65(74)78-38-42-17-5-1-6-18-42)66(75)79-39-43-19-7-2-8-20-43)56-37-59-48(34-62(56)82-61)31-50(35-57-52-26-14-16-28-54(52)63(72)64(57)73)70(59,67(76)80-40-44-21-9-3-10-22-44)68(77)81-41-45-23-11-4-12-24-45/h1-31,33-37H,32,38-41H2/b46-29+,57-35-. The van der Waals surface area contributed by atoms with E-state index >= 15 is 19.2 Å². The van der Waals surface area contributed by atoms with Crippen molar-refractivity contribution in [3.8, 4) is 0 Å². The Balaban J connectivity index is 1.02. The van der Waals surface area contributed by atoms with Crippen molar-refractivity contribution in [2.24, 2.45) is 0 Å². The molecule has 13 rings (SSSR count). The molecule has 12 heteroatoms. The Labute approximate surface area is 474 Å². The Morgan fingerprint density at radius 1 is 0.415 bits per heavy atom. The molecule has 1 heterocycles. The Kier molecular flexibility index (Phi) is 13.0. The molecule has 0 atom stereocenters. The van der Waals surface area contributed by atoms with Gasteiger partial charge >= 0.3 is 23.9 Å². The summed E-state index contributed by atoms with van der Waals surface area (Å²) in [6.45, 7) is -0.806. The van der Waals surface area contributed by atoms with Crippen molar-refractivity contribution in [2.75, 3.05) is 0 Å². The smallest absolute Gasteiger partial charge is 0.333 e. The largest absolute Gasteiger partial charge is 0.459 e. The summed E-state index contributed by atoms with van der Waals surface area (Å²) >= 11 is 1.41. The average Bonchev–Trinajstić information content (AvgIpc) is 2.79. The monoisotopic (exact) mass is 1090 g/mol. The molecular formula is C70H46O11S. The van der Waals surface area contributed by atoms with E-state index in [1.54, 1.807) is 115 Å².